The molecule has 5 unspecified atom stereocenters. The third-order valence-electron chi connectivity index (χ3n) is 4.45. The molecule has 0 bridgehead atoms. The Hall–Kier alpha value is -1.97. The summed E-state index contributed by atoms with van der Waals surface area (Å²) in [6, 6.07) is 8.89. The van der Waals surface area contributed by atoms with Gasteiger partial charge in [0.05, 0.1) is 18.3 Å². The number of aliphatic hydroxyl groups excluding tert-OH is 3. The van der Waals surface area contributed by atoms with Crippen LogP contribution < -0.4 is 5.32 Å². The molecule has 4 N–H and O–H groups in total. The number of benzene rings is 1. The van der Waals surface area contributed by atoms with Crippen molar-refractivity contribution >= 4 is 16.9 Å². The predicted octanol–water partition coefficient (Wildman–Crippen LogP) is 0.397. The summed E-state index contributed by atoms with van der Waals surface area (Å²) < 4.78 is 16.0. The third kappa shape index (κ3) is 4.22. The van der Waals surface area contributed by atoms with Crippen molar-refractivity contribution in [2.45, 2.75) is 43.5 Å². The van der Waals surface area contributed by atoms with E-state index in [1.807, 2.05) is 18.2 Å². The summed E-state index contributed by atoms with van der Waals surface area (Å²) in [5, 5.41) is 33.4. The summed E-state index contributed by atoms with van der Waals surface area (Å²) in [6.07, 6.45) is -4.31. The molecule has 2 heterocycles. The summed E-state index contributed by atoms with van der Waals surface area (Å²) in [4.78, 5) is 12.2. The lowest BCUT2D eigenvalue weighted by atomic mass is 9.97. The maximum Gasteiger partial charge on any atom is 0.287 e. The molecular formula is C18H23NO7. The number of carbonyl (C=O) groups is 1. The Morgan fingerprint density at radius 2 is 2.15 bits per heavy atom. The van der Waals surface area contributed by atoms with Crippen molar-refractivity contribution in [3.8, 4) is 0 Å². The van der Waals surface area contributed by atoms with Gasteiger partial charge in [0.2, 0.25) is 0 Å². The zero-order valence-corrected chi connectivity index (χ0v) is 14.4. The van der Waals surface area contributed by atoms with Crippen molar-refractivity contribution in [2.24, 2.45) is 0 Å². The van der Waals surface area contributed by atoms with E-state index in [1.165, 1.54) is 7.11 Å². The van der Waals surface area contributed by atoms with Crippen molar-refractivity contribution < 1.29 is 34.0 Å². The zero-order chi connectivity index (χ0) is 18.7. The largest absolute Gasteiger partial charge is 0.451 e. The molecule has 0 saturated carbocycles. The fraction of sp³-hybridized carbons (Fsp3) is 0.500. The number of furan rings is 1. The number of aliphatic hydroxyl groups is 3. The average molecular weight is 365 g/mol. The van der Waals surface area contributed by atoms with E-state index in [9.17, 15) is 20.1 Å². The maximum atomic E-state index is 12.2. The molecule has 0 aliphatic carbocycles. The Kier molecular flexibility index (Phi) is 5.90. The van der Waals surface area contributed by atoms with Gasteiger partial charge in [-0.15, -0.1) is 0 Å². The van der Waals surface area contributed by atoms with Crippen LogP contribution in [-0.2, 0) is 9.47 Å². The minimum Gasteiger partial charge on any atom is -0.451 e. The van der Waals surface area contributed by atoms with Crippen LogP contribution in [0.25, 0.3) is 11.0 Å². The smallest absolute Gasteiger partial charge is 0.287 e. The van der Waals surface area contributed by atoms with Crippen molar-refractivity contribution in [3.05, 3.63) is 36.1 Å². The first-order valence-electron chi connectivity index (χ1n) is 8.47. The second-order valence-electron chi connectivity index (χ2n) is 6.38. The summed E-state index contributed by atoms with van der Waals surface area (Å²) >= 11 is 0. The van der Waals surface area contributed by atoms with Crippen molar-refractivity contribution in [2.75, 3.05) is 13.7 Å². The average Bonchev–Trinajstić information content (AvgIpc) is 3.07. The minimum absolute atomic E-state index is 0.0402. The van der Waals surface area contributed by atoms with E-state index < -0.39 is 36.6 Å². The fourth-order valence-electron chi connectivity index (χ4n) is 3.01. The molecule has 26 heavy (non-hydrogen) atoms. The molecule has 2 aromatic rings. The Morgan fingerprint density at radius 3 is 2.88 bits per heavy atom. The van der Waals surface area contributed by atoms with Crippen LogP contribution in [0.1, 0.15) is 23.4 Å². The zero-order valence-electron chi connectivity index (χ0n) is 14.4. The number of fused-ring (bicyclic) bond motifs is 1. The van der Waals surface area contributed by atoms with Gasteiger partial charge in [-0.1, -0.05) is 18.2 Å². The van der Waals surface area contributed by atoms with E-state index in [2.05, 4.69) is 5.32 Å². The van der Waals surface area contributed by atoms with Gasteiger partial charge in [0.15, 0.2) is 12.1 Å². The van der Waals surface area contributed by atoms with E-state index >= 15 is 0 Å². The Morgan fingerprint density at radius 1 is 1.38 bits per heavy atom. The number of ether oxygens (including phenoxy) is 2. The normalized spacial score (nSPS) is 27.4. The van der Waals surface area contributed by atoms with Gasteiger partial charge >= 0.3 is 0 Å². The topological polar surface area (TPSA) is 121 Å². The highest BCUT2D eigenvalue weighted by atomic mass is 16.7. The lowest BCUT2D eigenvalue weighted by Crippen LogP contribution is -2.50. The molecule has 1 aromatic heterocycles. The van der Waals surface area contributed by atoms with Gasteiger partial charge < -0.3 is 34.5 Å². The number of nitrogens with one attached hydrogen (secondary N) is 1. The molecule has 5 atom stereocenters. The Bertz CT molecular complexity index is 713. The van der Waals surface area contributed by atoms with Crippen molar-refractivity contribution in [3.63, 3.8) is 0 Å². The Balaban J connectivity index is 1.53. The van der Waals surface area contributed by atoms with Gasteiger partial charge in [-0.2, -0.15) is 0 Å². The number of rotatable bonds is 6. The lowest BCUT2D eigenvalue weighted by Gasteiger charge is -2.37. The minimum atomic E-state index is -1.12. The predicted molar refractivity (Wildman–Crippen MR) is 91.5 cm³/mol. The summed E-state index contributed by atoms with van der Waals surface area (Å²) in [5.41, 5.74) is 0.608. The monoisotopic (exact) mass is 365 g/mol. The molecular weight excluding hydrogens is 342 g/mol. The van der Waals surface area contributed by atoms with Crippen molar-refractivity contribution in [1.29, 1.82) is 0 Å². The van der Waals surface area contributed by atoms with Gasteiger partial charge in [-0.25, -0.2) is 0 Å². The highest BCUT2D eigenvalue weighted by Crippen LogP contribution is 2.24. The lowest BCUT2D eigenvalue weighted by molar-refractivity contribution is -0.246. The van der Waals surface area contributed by atoms with Gasteiger partial charge in [-0.3, -0.25) is 4.79 Å². The van der Waals surface area contributed by atoms with Gasteiger partial charge in [0, 0.05) is 31.9 Å². The second-order valence-corrected chi connectivity index (χ2v) is 6.38. The SMILES string of the molecule is COC1CC(O)C(O)C(CC(O)CNC(=O)c2cc3ccccc3o2)O1. The maximum absolute atomic E-state index is 12.2. The Labute approximate surface area is 150 Å². The fourth-order valence-corrected chi connectivity index (χ4v) is 3.01. The van der Waals surface area contributed by atoms with Crippen LogP contribution in [-0.4, -0.2) is 65.6 Å². The van der Waals surface area contributed by atoms with E-state index in [1.54, 1.807) is 12.1 Å². The molecule has 1 aromatic carbocycles. The molecule has 1 fully saturated rings. The molecule has 3 rings (SSSR count). The van der Waals surface area contributed by atoms with Crippen LogP contribution >= 0.6 is 0 Å². The first kappa shape index (κ1) is 18.8. The van der Waals surface area contributed by atoms with Crippen LogP contribution in [0.4, 0.5) is 0 Å². The number of para-hydroxylation sites is 1. The van der Waals surface area contributed by atoms with Gasteiger partial charge in [-0.05, 0) is 12.1 Å². The highest BCUT2D eigenvalue weighted by molar-refractivity contribution is 5.96. The van der Waals surface area contributed by atoms with E-state index in [0.717, 1.165) is 5.39 Å². The molecule has 1 aliphatic heterocycles. The number of methoxy groups -OCH3 is 1. The molecule has 1 saturated heterocycles. The van der Waals surface area contributed by atoms with Crippen LogP contribution in [0, 0.1) is 0 Å². The third-order valence-corrected chi connectivity index (χ3v) is 4.45. The molecule has 0 radical (unpaired) electrons. The molecule has 142 valence electrons. The van der Waals surface area contributed by atoms with E-state index in [0.29, 0.717) is 5.58 Å². The highest BCUT2D eigenvalue weighted by Gasteiger charge is 2.37. The summed E-state index contributed by atoms with van der Waals surface area (Å²) in [5.74, 6) is -0.289. The first-order chi connectivity index (χ1) is 12.5. The number of hydrogen-bond donors (Lipinski definition) is 4. The molecule has 8 nitrogen and oxygen atoms in total. The van der Waals surface area contributed by atoms with Crippen LogP contribution in [0.3, 0.4) is 0 Å². The number of amides is 1. The molecule has 8 heteroatoms. The molecule has 0 spiro atoms. The summed E-state index contributed by atoms with van der Waals surface area (Å²) in [6.45, 7) is -0.0454. The van der Waals surface area contributed by atoms with Crippen molar-refractivity contribution in [1.82, 2.24) is 5.32 Å². The number of carbonyl (C=O) groups excluding carboxylic acids is 1. The van der Waals surface area contributed by atoms with E-state index in [-0.39, 0.29) is 25.1 Å². The van der Waals surface area contributed by atoms with Crippen LogP contribution in [0.2, 0.25) is 0 Å². The molecule has 1 aliphatic rings. The summed E-state index contributed by atoms with van der Waals surface area (Å²) in [7, 11) is 1.44. The van der Waals surface area contributed by atoms with Gasteiger partial charge in [0.1, 0.15) is 11.7 Å². The van der Waals surface area contributed by atoms with Crippen LogP contribution in [0.15, 0.2) is 34.7 Å². The quantitative estimate of drug-likeness (QED) is 0.584. The van der Waals surface area contributed by atoms with Crippen LogP contribution in [0.5, 0.6) is 0 Å². The van der Waals surface area contributed by atoms with E-state index in [4.69, 9.17) is 13.9 Å². The standard InChI is InChI=1S/C18H23NO7/c1-24-16-8-12(21)17(22)14(26-16)7-11(20)9-19-18(23)15-6-10-4-2-3-5-13(10)25-15/h2-6,11-12,14,16-17,20-22H,7-9H2,1H3,(H,19,23). The number of hydrogen-bond acceptors (Lipinski definition) is 7. The molecule has 1 amide bonds. The van der Waals surface area contributed by atoms with Gasteiger partial charge in [0.25, 0.3) is 5.91 Å². The second kappa shape index (κ2) is 8.15. The first-order valence-corrected chi connectivity index (χ1v) is 8.47.